The van der Waals surface area contributed by atoms with Crippen LogP contribution in [0.1, 0.15) is 25.9 Å². The number of aromatic nitrogens is 2. The number of rotatable bonds is 4. The average Bonchev–Trinajstić information content (AvgIpc) is 2.83. The second-order valence-corrected chi connectivity index (χ2v) is 5.62. The molecule has 1 unspecified atom stereocenters. The van der Waals surface area contributed by atoms with Crippen molar-refractivity contribution in [3.8, 4) is 0 Å². The van der Waals surface area contributed by atoms with E-state index in [0.717, 1.165) is 4.57 Å². The first-order valence-corrected chi connectivity index (χ1v) is 7.50. The van der Waals surface area contributed by atoms with Crippen LogP contribution in [0.15, 0.2) is 15.8 Å². The van der Waals surface area contributed by atoms with Crippen molar-refractivity contribution in [3.63, 3.8) is 0 Å². The third kappa shape index (κ3) is 3.17. The Morgan fingerprint density at radius 1 is 1.48 bits per heavy atom. The van der Waals surface area contributed by atoms with Crippen molar-refractivity contribution < 1.29 is 14.3 Å². The molecule has 8 nitrogen and oxygen atoms in total. The van der Waals surface area contributed by atoms with Crippen LogP contribution in [0.4, 0.5) is 0 Å². The van der Waals surface area contributed by atoms with Gasteiger partial charge in [0, 0.05) is 19.2 Å². The Hall–Kier alpha value is -1.65. The first-order chi connectivity index (χ1) is 9.95. The molecule has 9 heteroatoms. The van der Waals surface area contributed by atoms with Gasteiger partial charge in [0.25, 0.3) is 5.56 Å². The van der Waals surface area contributed by atoms with Crippen LogP contribution in [-0.2, 0) is 14.3 Å². The highest BCUT2D eigenvalue weighted by Gasteiger charge is 2.36. The van der Waals surface area contributed by atoms with Crippen molar-refractivity contribution >= 4 is 34.5 Å². The van der Waals surface area contributed by atoms with E-state index in [1.807, 2.05) is 0 Å². The van der Waals surface area contributed by atoms with Crippen LogP contribution in [0.25, 0.3) is 0 Å². The van der Waals surface area contributed by atoms with E-state index in [1.54, 1.807) is 29.5 Å². The van der Waals surface area contributed by atoms with Crippen molar-refractivity contribution in [3.05, 3.63) is 30.6 Å². The molecular weight excluding hydrogens is 393 g/mol. The molecular formula is C12H14IN3O5. The van der Waals surface area contributed by atoms with Crippen LogP contribution in [0.5, 0.6) is 0 Å². The Bertz CT molecular complexity index is 680. The minimum Gasteiger partial charge on any atom is -0.463 e. The number of nitrogens with one attached hydrogen (secondary N) is 1. The minimum atomic E-state index is -1.18. The molecule has 1 saturated heterocycles. The average molecular weight is 407 g/mol. The van der Waals surface area contributed by atoms with E-state index in [2.05, 4.69) is 4.98 Å². The molecule has 0 spiro atoms. The highest BCUT2D eigenvalue weighted by Crippen LogP contribution is 2.21. The lowest BCUT2D eigenvalue weighted by Crippen LogP contribution is -2.46. The van der Waals surface area contributed by atoms with Gasteiger partial charge in [0.2, 0.25) is 12.1 Å². The maximum absolute atomic E-state index is 12.2. The Balaban J connectivity index is 2.52. The summed E-state index contributed by atoms with van der Waals surface area (Å²) in [6.45, 7) is 2.14. The van der Waals surface area contributed by atoms with Gasteiger partial charge in [-0.15, -0.1) is 0 Å². The number of hydrogen-bond acceptors (Lipinski definition) is 5. The molecule has 1 aromatic rings. The van der Waals surface area contributed by atoms with E-state index in [9.17, 15) is 19.2 Å². The molecule has 0 aromatic carbocycles. The van der Waals surface area contributed by atoms with Gasteiger partial charge in [-0.3, -0.25) is 19.1 Å². The van der Waals surface area contributed by atoms with Gasteiger partial charge in [0.05, 0.1) is 10.2 Å². The van der Waals surface area contributed by atoms with Crippen molar-refractivity contribution in [1.29, 1.82) is 0 Å². The van der Waals surface area contributed by atoms with E-state index in [0.29, 0.717) is 19.4 Å². The lowest BCUT2D eigenvalue weighted by molar-refractivity contribution is -0.157. The summed E-state index contributed by atoms with van der Waals surface area (Å²) < 4.78 is 6.23. The Morgan fingerprint density at radius 3 is 2.76 bits per heavy atom. The molecule has 1 aromatic heterocycles. The number of carbonyl (C=O) groups excluding carboxylic acids is 2. The van der Waals surface area contributed by atoms with Gasteiger partial charge >= 0.3 is 11.7 Å². The highest BCUT2D eigenvalue weighted by molar-refractivity contribution is 14.1. The van der Waals surface area contributed by atoms with Gasteiger partial charge in [-0.2, -0.15) is 0 Å². The number of carbonyl (C=O) groups is 2. The fourth-order valence-electron chi connectivity index (χ4n) is 2.18. The van der Waals surface area contributed by atoms with Gasteiger partial charge in [-0.25, -0.2) is 9.59 Å². The van der Waals surface area contributed by atoms with E-state index in [-0.39, 0.29) is 16.1 Å². The molecule has 1 aliphatic rings. The quantitative estimate of drug-likeness (QED) is 0.552. The van der Waals surface area contributed by atoms with Gasteiger partial charge in [0.1, 0.15) is 0 Å². The monoisotopic (exact) mass is 407 g/mol. The van der Waals surface area contributed by atoms with E-state index >= 15 is 0 Å². The molecule has 1 fully saturated rings. The SMILES string of the molecule is CCOC(=O)C(N1CCCC1=O)n1cc(I)c(=O)[nH]c1=O. The molecule has 1 aliphatic heterocycles. The topological polar surface area (TPSA) is 101 Å². The first kappa shape index (κ1) is 15.7. The van der Waals surface area contributed by atoms with Crippen molar-refractivity contribution in [2.75, 3.05) is 13.2 Å². The molecule has 1 N–H and O–H groups in total. The van der Waals surface area contributed by atoms with Crippen LogP contribution in [0.3, 0.4) is 0 Å². The number of esters is 1. The summed E-state index contributed by atoms with van der Waals surface area (Å²) in [4.78, 5) is 50.9. The van der Waals surface area contributed by atoms with Crippen LogP contribution < -0.4 is 11.2 Å². The summed E-state index contributed by atoms with van der Waals surface area (Å²) in [5.74, 6) is -0.918. The Kier molecular flexibility index (Phi) is 4.80. The highest BCUT2D eigenvalue weighted by atomic mass is 127. The molecule has 21 heavy (non-hydrogen) atoms. The van der Waals surface area contributed by atoms with Crippen LogP contribution in [0, 0.1) is 3.57 Å². The zero-order chi connectivity index (χ0) is 15.6. The second-order valence-electron chi connectivity index (χ2n) is 4.46. The summed E-state index contributed by atoms with van der Waals surface area (Å²) in [6, 6.07) is 0. The van der Waals surface area contributed by atoms with Crippen LogP contribution in [-0.4, -0.2) is 39.5 Å². The zero-order valence-corrected chi connectivity index (χ0v) is 13.5. The number of H-pyrrole nitrogens is 1. The lowest BCUT2D eigenvalue weighted by atomic mass is 10.4. The van der Waals surface area contributed by atoms with Crippen molar-refractivity contribution in [2.45, 2.75) is 25.9 Å². The molecule has 1 amide bonds. The summed E-state index contributed by atoms with van der Waals surface area (Å²) in [5.41, 5.74) is -1.29. The normalized spacial score (nSPS) is 16.1. The standard InChI is InChI=1S/C12H14IN3O5/c1-2-21-11(19)10(15-5-3-4-8(15)17)16-6-7(13)9(18)14-12(16)20/h6,10H,2-5H2,1H3,(H,14,18,20). The molecule has 0 aliphatic carbocycles. The number of nitrogens with zero attached hydrogens (tertiary/aromatic N) is 2. The Labute approximate surface area is 133 Å². The number of amides is 1. The summed E-state index contributed by atoms with van der Waals surface area (Å²) in [6.07, 6.45) is 1.02. The molecule has 2 heterocycles. The molecule has 0 bridgehead atoms. The van der Waals surface area contributed by atoms with Crippen LogP contribution >= 0.6 is 22.6 Å². The fraction of sp³-hybridized carbons (Fsp3) is 0.500. The van der Waals surface area contributed by atoms with Gasteiger partial charge in [-0.1, -0.05) is 0 Å². The molecule has 0 saturated carbocycles. The van der Waals surface area contributed by atoms with Gasteiger partial charge in [0.15, 0.2) is 0 Å². The van der Waals surface area contributed by atoms with E-state index in [1.165, 1.54) is 11.1 Å². The van der Waals surface area contributed by atoms with Gasteiger partial charge < -0.3 is 9.64 Å². The maximum atomic E-state index is 12.2. The number of likely N-dealkylation sites (tertiary alicyclic amines) is 1. The largest absolute Gasteiger partial charge is 0.463 e. The third-order valence-corrected chi connectivity index (χ3v) is 3.86. The predicted octanol–water partition coefficient (Wildman–Crippen LogP) is -0.175. The Morgan fingerprint density at radius 2 is 2.19 bits per heavy atom. The number of aromatic amines is 1. The third-order valence-electron chi connectivity index (χ3n) is 3.09. The number of halogens is 1. The second kappa shape index (κ2) is 6.41. The smallest absolute Gasteiger partial charge is 0.350 e. The first-order valence-electron chi connectivity index (χ1n) is 6.42. The van der Waals surface area contributed by atoms with Gasteiger partial charge in [-0.05, 0) is 35.9 Å². The summed E-state index contributed by atoms with van der Waals surface area (Å²) in [5, 5.41) is 0. The van der Waals surface area contributed by atoms with E-state index < -0.39 is 23.4 Å². The number of ether oxygens (including phenoxy) is 1. The van der Waals surface area contributed by atoms with Crippen LogP contribution in [0.2, 0.25) is 0 Å². The molecule has 0 radical (unpaired) electrons. The summed E-state index contributed by atoms with van der Waals surface area (Å²) in [7, 11) is 0. The van der Waals surface area contributed by atoms with Crippen molar-refractivity contribution in [1.82, 2.24) is 14.5 Å². The maximum Gasteiger partial charge on any atom is 0.350 e. The number of hydrogen-bond donors (Lipinski definition) is 1. The minimum absolute atomic E-state index is 0.132. The predicted molar refractivity (Wildman–Crippen MR) is 80.7 cm³/mol. The lowest BCUT2D eigenvalue weighted by Gasteiger charge is -2.27. The molecule has 2 rings (SSSR count). The van der Waals surface area contributed by atoms with E-state index in [4.69, 9.17) is 4.74 Å². The zero-order valence-electron chi connectivity index (χ0n) is 11.3. The summed E-state index contributed by atoms with van der Waals surface area (Å²) >= 11 is 1.75. The molecule has 1 atom stereocenters. The van der Waals surface area contributed by atoms with Crippen molar-refractivity contribution in [2.24, 2.45) is 0 Å². The molecule has 114 valence electrons. The fourth-order valence-corrected chi connectivity index (χ4v) is 2.61.